The summed E-state index contributed by atoms with van der Waals surface area (Å²) in [6.07, 6.45) is -3.50. The number of alkyl halides is 3. The largest absolute Gasteiger partial charge is 0.433 e. The molecule has 0 fully saturated rings. The Hall–Kier alpha value is -3.07. The van der Waals surface area contributed by atoms with Crippen LogP contribution in [-0.2, 0) is 6.18 Å². The molecule has 138 valence electrons. The van der Waals surface area contributed by atoms with Gasteiger partial charge in [-0.15, -0.1) is 0 Å². The topological polar surface area (TPSA) is 66.9 Å². The summed E-state index contributed by atoms with van der Waals surface area (Å²) in [5, 5.41) is 5.28. The molecule has 0 atom stereocenters. The van der Waals surface area contributed by atoms with E-state index in [1.165, 1.54) is 0 Å². The van der Waals surface area contributed by atoms with Crippen molar-refractivity contribution in [1.29, 1.82) is 0 Å². The summed E-state index contributed by atoms with van der Waals surface area (Å²) in [4.78, 5) is 20.1. The highest BCUT2D eigenvalue weighted by Crippen LogP contribution is 2.33. The van der Waals surface area contributed by atoms with E-state index < -0.39 is 17.9 Å². The Labute approximate surface area is 157 Å². The smallest absolute Gasteiger partial charge is 0.308 e. The molecule has 0 bridgehead atoms. The molecule has 0 aliphatic rings. The van der Waals surface area contributed by atoms with Gasteiger partial charge in [-0.05, 0) is 42.1 Å². The van der Waals surface area contributed by atoms with Gasteiger partial charge < -0.3 is 10.6 Å². The Bertz CT molecular complexity index is 935. The number of urea groups is 1. The van der Waals surface area contributed by atoms with Crippen LogP contribution in [0.2, 0.25) is 0 Å². The van der Waals surface area contributed by atoms with E-state index in [4.69, 9.17) is 0 Å². The van der Waals surface area contributed by atoms with E-state index in [9.17, 15) is 18.0 Å². The van der Waals surface area contributed by atoms with Crippen LogP contribution in [0, 0.1) is 0 Å². The molecular formula is C18H13F3N4OS. The van der Waals surface area contributed by atoms with E-state index in [0.717, 1.165) is 24.0 Å². The number of nitrogens with zero attached hydrogens (tertiary/aromatic N) is 2. The number of rotatable bonds is 4. The molecule has 3 rings (SSSR count). The first-order chi connectivity index (χ1) is 12.9. The zero-order valence-corrected chi connectivity index (χ0v) is 14.5. The lowest BCUT2D eigenvalue weighted by Crippen LogP contribution is -2.19. The average molecular weight is 390 g/mol. The van der Waals surface area contributed by atoms with Gasteiger partial charge in [-0.25, -0.2) is 14.8 Å². The van der Waals surface area contributed by atoms with Crippen LogP contribution in [-0.4, -0.2) is 16.0 Å². The normalized spacial score (nSPS) is 11.1. The molecular weight excluding hydrogens is 377 g/mol. The van der Waals surface area contributed by atoms with E-state index >= 15 is 0 Å². The van der Waals surface area contributed by atoms with Gasteiger partial charge in [-0.2, -0.15) is 13.2 Å². The number of hydrogen-bond acceptors (Lipinski definition) is 4. The molecule has 3 aromatic rings. The lowest BCUT2D eigenvalue weighted by Gasteiger charge is -2.12. The fraction of sp³-hybridized carbons (Fsp3) is 0.0556. The number of benzene rings is 2. The van der Waals surface area contributed by atoms with Gasteiger partial charge in [0.15, 0.2) is 5.16 Å². The number of nitrogens with one attached hydrogen (secondary N) is 2. The third kappa shape index (κ3) is 5.20. The summed E-state index contributed by atoms with van der Waals surface area (Å²) in [7, 11) is 0. The minimum Gasteiger partial charge on any atom is -0.308 e. The molecule has 0 saturated heterocycles. The summed E-state index contributed by atoms with van der Waals surface area (Å²) < 4.78 is 38.4. The first kappa shape index (κ1) is 18.7. The van der Waals surface area contributed by atoms with Crippen LogP contribution in [0.3, 0.4) is 0 Å². The predicted octanol–water partition coefficient (Wildman–Crippen LogP) is 5.29. The van der Waals surface area contributed by atoms with Gasteiger partial charge in [0.1, 0.15) is 5.69 Å². The molecule has 1 aromatic heterocycles. The van der Waals surface area contributed by atoms with Crippen LogP contribution in [0.15, 0.2) is 76.9 Å². The first-order valence-electron chi connectivity index (χ1n) is 7.72. The minimum absolute atomic E-state index is 0.0671. The average Bonchev–Trinajstić information content (AvgIpc) is 2.64. The number of halogens is 3. The third-order valence-corrected chi connectivity index (χ3v) is 4.25. The molecule has 2 aromatic carbocycles. The van der Waals surface area contributed by atoms with E-state index in [1.807, 2.05) is 6.07 Å². The van der Waals surface area contributed by atoms with Crippen molar-refractivity contribution in [1.82, 2.24) is 9.97 Å². The number of para-hydroxylation sites is 2. The van der Waals surface area contributed by atoms with Crippen LogP contribution in [0.5, 0.6) is 0 Å². The molecule has 0 saturated carbocycles. The second-order valence-corrected chi connectivity index (χ2v) is 6.27. The highest BCUT2D eigenvalue weighted by atomic mass is 32.2. The Morgan fingerprint density at radius 3 is 2.37 bits per heavy atom. The second kappa shape index (κ2) is 8.09. The van der Waals surface area contributed by atoms with E-state index in [-0.39, 0.29) is 5.16 Å². The lowest BCUT2D eigenvalue weighted by atomic mass is 10.3. The van der Waals surface area contributed by atoms with Gasteiger partial charge >= 0.3 is 12.2 Å². The highest BCUT2D eigenvalue weighted by Gasteiger charge is 2.32. The van der Waals surface area contributed by atoms with Crippen molar-refractivity contribution in [2.24, 2.45) is 0 Å². The number of aromatic nitrogens is 2. The standard InChI is InChI=1S/C18H13F3N4OS/c19-18(20,21)15-10-11-22-17(25-15)27-14-9-5-4-8-13(14)24-16(26)23-12-6-2-1-3-7-12/h1-11H,(H2,23,24,26). The molecule has 0 unspecified atom stereocenters. The van der Waals surface area contributed by atoms with Crippen LogP contribution in [0.25, 0.3) is 0 Å². The van der Waals surface area contributed by atoms with Crippen molar-refractivity contribution in [2.45, 2.75) is 16.2 Å². The molecule has 9 heteroatoms. The lowest BCUT2D eigenvalue weighted by molar-refractivity contribution is -0.141. The quantitative estimate of drug-likeness (QED) is 0.594. The molecule has 27 heavy (non-hydrogen) atoms. The SMILES string of the molecule is O=C(Nc1ccccc1)Nc1ccccc1Sc1nccc(C(F)(F)F)n1. The molecule has 0 spiro atoms. The minimum atomic E-state index is -4.55. The maximum atomic E-state index is 12.8. The molecule has 0 radical (unpaired) electrons. The summed E-state index contributed by atoms with van der Waals surface area (Å²) in [6.45, 7) is 0. The van der Waals surface area contributed by atoms with E-state index in [2.05, 4.69) is 20.6 Å². The second-order valence-electron chi connectivity index (χ2n) is 5.27. The third-order valence-electron chi connectivity index (χ3n) is 3.29. The zero-order chi connectivity index (χ0) is 19.3. The van der Waals surface area contributed by atoms with Crippen molar-refractivity contribution < 1.29 is 18.0 Å². The Kier molecular flexibility index (Phi) is 5.60. The van der Waals surface area contributed by atoms with Crippen molar-refractivity contribution in [3.8, 4) is 0 Å². The maximum Gasteiger partial charge on any atom is 0.433 e. The molecule has 5 nitrogen and oxygen atoms in total. The fourth-order valence-electron chi connectivity index (χ4n) is 2.11. The fourth-order valence-corrected chi connectivity index (χ4v) is 2.94. The molecule has 0 aliphatic heterocycles. The van der Waals surface area contributed by atoms with Gasteiger partial charge in [0.25, 0.3) is 0 Å². The van der Waals surface area contributed by atoms with E-state index in [1.54, 1.807) is 48.5 Å². The molecule has 2 N–H and O–H groups in total. The van der Waals surface area contributed by atoms with Crippen molar-refractivity contribution in [3.63, 3.8) is 0 Å². The summed E-state index contributed by atoms with van der Waals surface area (Å²) in [6, 6.07) is 15.9. The zero-order valence-electron chi connectivity index (χ0n) is 13.7. The number of carbonyl (C=O) groups excluding carboxylic acids is 1. The van der Waals surface area contributed by atoms with E-state index in [0.29, 0.717) is 16.3 Å². The van der Waals surface area contributed by atoms with Crippen LogP contribution < -0.4 is 10.6 Å². The number of hydrogen-bond donors (Lipinski definition) is 2. The molecule has 1 heterocycles. The molecule has 2 amide bonds. The summed E-state index contributed by atoms with van der Waals surface area (Å²) in [5.74, 6) is 0. The van der Waals surface area contributed by atoms with Gasteiger partial charge in [-0.1, -0.05) is 30.3 Å². The maximum absolute atomic E-state index is 12.8. The Morgan fingerprint density at radius 2 is 1.63 bits per heavy atom. The van der Waals surface area contributed by atoms with Gasteiger partial charge in [0.05, 0.1) is 5.69 Å². The van der Waals surface area contributed by atoms with Crippen molar-refractivity contribution >= 4 is 29.2 Å². The number of carbonyl (C=O) groups is 1. The number of anilines is 2. The van der Waals surface area contributed by atoms with Crippen LogP contribution >= 0.6 is 11.8 Å². The van der Waals surface area contributed by atoms with Crippen molar-refractivity contribution in [2.75, 3.05) is 10.6 Å². The van der Waals surface area contributed by atoms with Gasteiger partial charge in [0.2, 0.25) is 0 Å². The van der Waals surface area contributed by atoms with Gasteiger partial charge in [0, 0.05) is 16.8 Å². The van der Waals surface area contributed by atoms with Crippen LogP contribution in [0.4, 0.5) is 29.3 Å². The first-order valence-corrected chi connectivity index (χ1v) is 8.53. The predicted molar refractivity (Wildman–Crippen MR) is 96.7 cm³/mol. The Morgan fingerprint density at radius 1 is 0.926 bits per heavy atom. The number of amides is 2. The monoisotopic (exact) mass is 390 g/mol. The van der Waals surface area contributed by atoms with Crippen molar-refractivity contribution in [3.05, 3.63) is 72.6 Å². The summed E-state index contributed by atoms with van der Waals surface area (Å²) in [5.41, 5.74) is 0.0190. The summed E-state index contributed by atoms with van der Waals surface area (Å²) >= 11 is 0.928. The Balaban J connectivity index is 1.75. The highest BCUT2D eigenvalue weighted by molar-refractivity contribution is 7.99. The van der Waals surface area contributed by atoms with Crippen LogP contribution in [0.1, 0.15) is 5.69 Å². The molecule has 0 aliphatic carbocycles. The van der Waals surface area contributed by atoms with Gasteiger partial charge in [-0.3, -0.25) is 0 Å².